The predicted octanol–water partition coefficient (Wildman–Crippen LogP) is 3.08. The smallest absolute Gasteiger partial charge is 0.276 e. The van der Waals surface area contributed by atoms with Crippen LogP contribution in [0.4, 0.5) is 11.4 Å². The molecule has 0 spiro atoms. The maximum Gasteiger partial charge on any atom is 0.276 e. The van der Waals surface area contributed by atoms with Gasteiger partial charge < -0.3 is 11.1 Å². The van der Waals surface area contributed by atoms with E-state index in [0.717, 1.165) is 12.1 Å². The molecule has 2 rings (SSSR count). The summed E-state index contributed by atoms with van der Waals surface area (Å²) in [6.45, 7) is 4.71. The van der Waals surface area contributed by atoms with E-state index in [9.17, 15) is 4.79 Å². The van der Waals surface area contributed by atoms with Crippen LogP contribution in [0.25, 0.3) is 0 Å². The van der Waals surface area contributed by atoms with Crippen LogP contribution < -0.4 is 11.1 Å². The van der Waals surface area contributed by atoms with E-state index in [1.54, 1.807) is 4.68 Å². The normalized spacial score (nSPS) is 10.6. The molecule has 1 aromatic heterocycles. The lowest BCUT2D eigenvalue weighted by atomic mass is 10.1. The lowest BCUT2D eigenvalue weighted by molar-refractivity contribution is 0.101. The number of hydrogen-bond donors (Lipinski definition) is 2. The molecule has 0 saturated carbocycles. The summed E-state index contributed by atoms with van der Waals surface area (Å²) in [4.78, 5) is 12.3. The molecule has 0 bridgehead atoms. The zero-order valence-corrected chi connectivity index (χ0v) is 12.6. The van der Waals surface area contributed by atoms with Gasteiger partial charge in [0.15, 0.2) is 0 Å². The van der Waals surface area contributed by atoms with Gasteiger partial charge in [-0.05, 0) is 37.5 Å². The fourth-order valence-electron chi connectivity index (χ4n) is 2.21. The van der Waals surface area contributed by atoms with Crippen molar-refractivity contribution in [1.82, 2.24) is 9.78 Å². The van der Waals surface area contributed by atoms with Crippen LogP contribution in [-0.4, -0.2) is 15.7 Å². The molecule has 1 aromatic carbocycles. The number of rotatable bonds is 6. The van der Waals surface area contributed by atoms with Gasteiger partial charge in [-0.1, -0.05) is 25.5 Å². The van der Waals surface area contributed by atoms with E-state index in [4.69, 9.17) is 5.73 Å². The molecule has 0 fully saturated rings. The van der Waals surface area contributed by atoms with Crippen LogP contribution >= 0.6 is 0 Å². The molecule has 2 aromatic rings. The van der Waals surface area contributed by atoms with Crippen LogP contribution in [0.15, 0.2) is 30.5 Å². The molecule has 0 unspecified atom stereocenters. The van der Waals surface area contributed by atoms with E-state index in [0.29, 0.717) is 17.9 Å². The number of nitrogen functional groups attached to an aromatic ring is 1. The zero-order valence-electron chi connectivity index (χ0n) is 12.6. The third-order valence-corrected chi connectivity index (χ3v) is 3.41. The van der Waals surface area contributed by atoms with Crippen LogP contribution in [0.2, 0.25) is 0 Å². The highest BCUT2D eigenvalue weighted by molar-refractivity contribution is 6.06. The van der Waals surface area contributed by atoms with E-state index < -0.39 is 0 Å². The summed E-state index contributed by atoms with van der Waals surface area (Å²) in [6.07, 6.45) is 4.93. The Morgan fingerprint density at radius 1 is 1.29 bits per heavy atom. The number of hydrogen-bond acceptors (Lipinski definition) is 3. The van der Waals surface area contributed by atoms with Gasteiger partial charge in [0.1, 0.15) is 5.69 Å². The molecule has 0 saturated heterocycles. The van der Waals surface area contributed by atoms with E-state index in [1.807, 2.05) is 31.2 Å². The van der Waals surface area contributed by atoms with Crippen molar-refractivity contribution in [2.24, 2.45) is 0 Å². The first-order chi connectivity index (χ1) is 10.2. The molecule has 5 nitrogen and oxygen atoms in total. The number of aryl methyl sites for hydroxylation is 2. The van der Waals surface area contributed by atoms with Gasteiger partial charge in [-0.15, -0.1) is 0 Å². The summed E-state index contributed by atoms with van der Waals surface area (Å²) in [5, 5.41) is 6.94. The highest BCUT2D eigenvalue weighted by Crippen LogP contribution is 2.16. The van der Waals surface area contributed by atoms with Crippen molar-refractivity contribution in [1.29, 1.82) is 0 Å². The maximum atomic E-state index is 12.3. The Bertz CT molecular complexity index is 601. The molecule has 0 aliphatic carbocycles. The molecule has 112 valence electrons. The number of carbonyl (C=O) groups is 1. The molecular formula is C16H22N4O. The maximum absolute atomic E-state index is 12.3. The van der Waals surface area contributed by atoms with Gasteiger partial charge >= 0.3 is 0 Å². The minimum atomic E-state index is -0.229. The van der Waals surface area contributed by atoms with Crippen molar-refractivity contribution >= 4 is 17.3 Å². The molecule has 3 N–H and O–H groups in total. The molecule has 1 amide bonds. The number of nitrogens with zero attached hydrogens (tertiary/aromatic N) is 2. The lowest BCUT2D eigenvalue weighted by Gasteiger charge is -2.08. The fraction of sp³-hybridized carbons (Fsp3) is 0.375. The largest absolute Gasteiger partial charge is 0.396 e. The van der Waals surface area contributed by atoms with Gasteiger partial charge in [0.25, 0.3) is 5.91 Å². The van der Waals surface area contributed by atoms with E-state index >= 15 is 0 Å². The second-order valence-electron chi connectivity index (χ2n) is 5.02. The first-order valence-electron chi connectivity index (χ1n) is 7.37. The molecule has 0 atom stereocenters. The number of aromatic nitrogens is 2. The quantitative estimate of drug-likeness (QED) is 0.857. The number of benzene rings is 1. The van der Waals surface area contributed by atoms with Crippen LogP contribution in [0.3, 0.4) is 0 Å². The number of anilines is 2. The standard InChI is InChI=1S/C16H22N4O/c1-3-5-6-12-7-9-13(10-8-12)19-16(21)15-14(17)11-18-20(15)4-2/h7-11H,3-6,17H2,1-2H3,(H,19,21). The summed E-state index contributed by atoms with van der Waals surface area (Å²) in [6, 6.07) is 7.94. The Morgan fingerprint density at radius 2 is 2.00 bits per heavy atom. The minimum Gasteiger partial charge on any atom is -0.396 e. The van der Waals surface area contributed by atoms with Crippen molar-refractivity contribution < 1.29 is 4.79 Å². The summed E-state index contributed by atoms with van der Waals surface area (Å²) in [5.41, 5.74) is 8.67. The second-order valence-corrected chi connectivity index (χ2v) is 5.02. The third-order valence-electron chi connectivity index (χ3n) is 3.41. The minimum absolute atomic E-state index is 0.229. The van der Waals surface area contributed by atoms with Crippen LogP contribution in [0, 0.1) is 0 Å². The summed E-state index contributed by atoms with van der Waals surface area (Å²) in [7, 11) is 0. The van der Waals surface area contributed by atoms with Crippen LogP contribution in [0.1, 0.15) is 42.7 Å². The summed E-state index contributed by atoms with van der Waals surface area (Å²) >= 11 is 0. The van der Waals surface area contributed by atoms with E-state index in [2.05, 4.69) is 17.3 Å². The van der Waals surface area contributed by atoms with Crippen molar-refractivity contribution in [2.75, 3.05) is 11.1 Å². The van der Waals surface area contributed by atoms with Gasteiger partial charge in [0.2, 0.25) is 0 Å². The Kier molecular flexibility index (Phi) is 4.98. The van der Waals surface area contributed by atoms with Crippen molar-refractivity contribution in [3.63, 3.8) is 0 Å². The number of unbranched alkanes of at least 4 members (excludes halogenated alkanes) is 1. The first kappa shape index (κ1) is 15.1. The Labute approximate surface area is 125 Å². The Balaban J connectivity index is 2.07. The van der Waals surface area contributed by atoms with Crippen molar-refractivity contribution in [2.45, 2.75) is 39.7 Å². The molecule has 5 heteroatoms. The Morgan fingerprint density at radius 3 is 2.62 bits per heavy atom. The molecule has 0 radical (unpaired) electrons. The number of nitrogens with two attached hydrogens (primary N) is 1. The Hall–Kier alpha value is -2.30. The molecular weight excluding hydrogens is 264 g/mol. The van der Waals surface area contributed by atoms with E-state index in [1.165, 1.54) is 24.6 Å². The van der Waals surface area contributed by atoms with Crippen LogP contribution in [0.5, 0.6) is 0 Å². The monoisotopic (exact) mass is 286 g/mol. The third kappa shape index (κ3) is 3.62. The summed E-state index contributed by atoms with van der Waals surface area (Å²) in [5.74, 6) is -0.229. The first-order valence-corrected chi connectivity index (χ1v) is 7.37. The van der Waals surface area contributed by atoms with Gasteiger partial charge in [0, 0.05) is 12.2 Å². The zero-order chi connectivity index (χ0) is 15.2. The lowest BCUT2D eigenvalue weighted by Crippen LogP contribution is -2.18. The van der Waals surface area contributed by atoms with Crippen LogP contribution in [-0.2, 0) is 13.0 Å². The van der Waals surface area contributed by atoms with Crippen molar-refractivity contribution in [3.05, 3.63) is 41.7 Å². The average Bonchev–Trinajstić information content (AvgIpc) is 2.87. The van der Waals surface area contributed by atoms with E-state index in [-0.39, 0.29) is 5.91 Å². The highest BCUT2D eigenvalue weighted by Gasteiger charge is 2.16. The molecule has 0 aliphatic rings. The number of nitrogens with one attached hydrogen (secondary N) is 1. The van der Waals surface area contributed by atoms with Gasteiger partial charge in [0.05, 0.1) is 11.9 Å². The second kappa shape index (κ2) is 6.92. The number of amides is 1. The SMILES string of the molecule is CCCCc1ccc(NC(=O)c2c(N)cnn2CC)cc1. The van der Waals surface area contributed by atoms with Gasteiger partial charge in [-0.3, -0.25) is 9.48 Å². The molecule has 0 aliphatic heterocycles. The highest BCUT2D eigenvalue weighted by atomic mass is 16.2. The van der Waals surface area contributed by atoms with Gasteiger partial charge in [-0.2, -0.15) is 5.10 Å². The predicted molar refractivity (Wildman–Crippen MR) is 85.3 cm³/mol. The molecule has 1 heterocycles. The fourth-order valence-corrected chi connectivity index (χ4v) is 2.21. The summed E-state index contributed by atoms with van der Waals surface area (Å²) < 4.78 is 1.60. The molecule has 21 heavy (non-hydrogen) atoms. The van der Waals surface area contributed by atoms with Gasteiger partial charge in [-0.25, -0.2) is 0 Å². The average molecular weight is 286 g/mol. The van der Waals surface area contributed by atoms with Crippen molar-refractivity contribution in [3.8, 4) is 0 Å². The topological polar surface area (TPSA) is 72.9 Å². The number of carbonyl (C=O) groups excluding carboxylic acids is 1.